The molecule has 0 aliphatic carbocycles. The van der Waals surface area contributed by atoms with Crippen LogP contribution in [-0.4, -0.2) is 12.5 Å². The predicted octanol–water partition coefficient (Wildman–Crippen LogP) is 1.65. The minimum Gasteiger partial charge on any atom is -0.466 e. The maximum atomic E-state index is 11.3. The van der Waals surface area contributed by atoms with E-state index in [2.05, 4.69) is 5.32 Å². The van der Waals surface area contributed by atoms with Crippen molar-refractivity contribution in [2.24, 2.45) is 0 Å². The number of furan rings is 1. The summed E-state index contributed by atoms with van der Waals surface area (Å²) in [6.07, 6.45) is 0. The summed E-state index contributed by atoms with van der Waals surface area (Å²) in [6, 6.07) is 1.75. The van der Waals surface area contributed by atoms with Gasteiger partial charge in [-0.3, -0.25) is 4.79 Å². The van der Waals surface area contributed by atoms with E-state index in [1.807, 2.05) is 13.8 Å². The van der Waals surface area contributed by atoms with Crippen molar-refractivity contribution in [1.29, 1.82) is 0 Å². The second-order valence-electron chi connectivity index (χ2n) is 2.69. The van der Waals surface area contributed by atoms with E-state index in [9.17, 15) is 4.79 Å². The van der Waals surface area contributed by atoms with Crippen molar-refractivity contribution in [2.45, 2.75) is 20.8 Å². The lowest BCUT2D eigenvalue weighted by molar-refractivity contribution is 0.0954. The molecule has 0 aliphatic rings. The largest absolute Gasteiger partial charge is 0.466 e. The predicted molar refractivity (Wildman–Crippen MR) is 46.2 cm³/mol. The summed E-state index contributed by atoms with van der Waals surface area (Å²) in [6.45, 7) is 6.15. The Hall–Kier alpha value is -1.25. The van der Waals surface area contributed by atoms with Crippen LogP contribution in [0.3, 0.4) is 0 Å². The van der Waals surface area contributed by atoms with Crippen LogP contribution in [0.15, 0.2) is 10.5 Å². The average molecular weight is 167 g/mol. The molecule has 1 amide bonds. The van der Waals surface area contributed by atoms with E-state index >= 15 is 0 Å². The maximum Gasteiger partial charge on any atom is 0.254 e. The summed E-state index contributed by atoms with van der Waals surface area (Å²) < 4.78 is 5.22. The SMILES string of the molecule is CCNC(=O)c1cc(C)oc1C. The van der Waals surface area contributed by atoms with E-state index < -0.39 is 0 Å². The van der Waals surface area contributed by atoms with Gasteiger partial charge in [0, 0.05) is 6.54 Å². The molecule has 3 nitrogen and oxygen atoms in total. The van der Waals surface area contributed by atoms with Crippen LogP contribution in [-0.2, 0) is 0 Å². The monoisotopic (exact) mass is 167 g/mol. The molecular weight excluding hydrogens is 154 g/mol. The lowest BCUT2D eigenvalue weighted by Crippen LogP contribution is -2.22. The Kier molecular flexibility index (Phi) is 2.53. The van der Waals surface area contributed by atoms with Gasteiger partial charge >= 0.3 is 0 Å². The second kappa shape index (κ2) is 3.43. The van der Waals surface area contributed by atoms with Crippen LogP contribution in [0, 0.1) is 13.8 Å². The van der Waals surface area contributed by atoms with Crippen LogP contribution in [0.4, 0.5) is 0 Å². The van der Waals surface area contributed by atoms with Crippen LogP contribution in [0.2, 0.25) is 0 Å². The van der Waals surface area contributed by atoms with Crippen molar-refractivity contribution < 1.29 is 9.21 Å². The summed E-state index contributed by atoms with van der Waals surface area (Å²) in [5.41, 5.74) is 0.634. The van der Waals surface area contributed by atoms with E-state index in [4.69, 9.17) is 4.42 Å². The molecule has 1 aromatic heterocycles. The Morgan fingerprint density at radius 2 is 2.25 bits per heavy atom. The first-order valence-corrected chi connectivity index (χ1v) is 4.00. The zero-order chi connectivity index (χ0) is 9.14. The van der Waals surface area contributed by atoms with E-state index in [0.717, 1.165) is 5.76 Å². The van der Waals surface area contributed by atoms with Gasteiger partial charge in [-0.15, -0.1) is 0 Å². The van der Waals surface area contributed by atoms with Gasteiger partial charge in [0.15, 0.2) is 0 Å². The van der Waals surface area contributed by atoms with Gasteiger partial charge in [0.2, 0.25) is 0 Å². The van der Waals surface area contributed by atoms with E-state index in [1.165, 1.54) is 0 Å². The number of nitrogens with one attached hydrogen (secondary N) is 1. The van der Waals surface area contributed by atoms with Gasteiger partial charge in [0.25, 0.3) is 5.91 Å². The highest BCUT2D eigenvalue weighted by atomic mass is 16.3. The molecule has 1 rings (SSSR count). The summed E-state index contributed by atoms with van der Waals surface area (Å²) in [5.74, 6) is 1.39. The molecule has 1 N–H and O–H groups in total. The first-order chi connectivity index (χ1) is 5.65. The molecule has 0 saturated carbocycles. The van der Waals surface area contributed by atoms with Gasteiger partial charge in [0.05, 0.1) is 5.56 Å². The summed E-state index contributed by atoms with van der Waals surface area (Å²) >= 11 is 0. The first-order valence-electron chi connectivity index (χ1n) is 4.00. The second-order valence-corrected chi connectivity index (χ2v) is 2.69. The molecule has 1 aromatic rings. The van der Waals surface area contributed by atoms with Gasteiger partial charge in [0.1, 0.15) is 11.5 Å². The summed E-state index contributed by atoms with van der Waals surface area (Å²) in [7, 11) is 0. The molecule has 0 radical (unpaired) electrons. The fourth-order valence-corrected chi connectivity index (χ4v) is 1.11. The number of hydrogen-bond donors (Lipinski definition) is 1. The average Bonchev–Trinajstić information content (AvgIpc) is 2.30. The van der Waals surface area contributed by atoms with Gasteiger partial charge in [-0.1, -0.05) is 0 Å². The third kappa shape index (κ3) is 1.67. The van der Waals surface area contributed by atoms with Gasteiger partial charge < -0.3 is 9.73 Å². The fraction of sp³-hybridized carbons (Fsp3) is 0.444. The highest BCUT2D eigenvalue weighted by Crippen LogP contribution is 2.12. The third-order valence-corrected chi connectivity index (χ3v) is 1.62. The smallest absolute Gasteiger partial charge is 0.254 e. The van der Waals surface area contributed by atoms with Crippen LogP contribution >= 0.6 is 0 Å². The van der Waals surface area contributed by atoms with Gasteiger partial charge in [-0.2, -0.15) is 0 Å². The number of amides is 1. The van der Waals surface area contributed by atoms with Crippen molar-refractivity contribution in [3.63, 3.8) is 0 Å². The molecule has 12 heavy (non-hydrogen) atoms. The lowest BCUT2D eigenvalue weighted by Gasteiger charge is -1.98. The normalized spacial score (nSPS) is 9.92. The van der Waals surface area contributed by atoms with Crippen LogP contribution in [0.5, 0.6) is 0 Å². The molecule has 3 heteroatoms. The number of rotatable bonds is 2. The number of carbonyl (C=O) groups excluding carboxylic acids is 1. The highest BCUT2D eigenvalue weighted by molar-refractivity contribution is 5.95. The number of aryl methyl sites for hydroxylation is 2. The fourth-order valence-electron chi connectivity index (χ4n) is 1.11. The van der Waals surface area contributed by atoms with Gasteiger partial charge in [-0.25, -0.2) is 0 Å². The minimum atomic E-state index is -0.0631. The van der Waals surface area contributed by atoms with Crippen molar-refractivity contribution in [3.8, 4) is 0 Å². The standard InChI is InChI=1S/C9H13NO2/c1-4-10-9(11)8-5-6(2)12-7(8)3/h5H,4H2,1-3H3,(H,10,11). The number of carbonyl (C=O) groups is 1. The van der Waals surface area contributed by atoms with Crippen molar-refractivity contribution in [3.05, 3.63) is 23.2 Å². The molecule has 0 aromatic carbocycles. The van der Waals surface area contributed by atoms with Crippen LogP contribution in [0.25, 0.3) is 0 Å². The summed E-state index contributed by atoms with van der Waals surface area (Å²) in [5, 5.41) is 2.72. The topological polar surface area (TPSA) is 42.2 Å². The highest BCUT2D eigenvalue weighted by Gasteiger charge is 2.11. The zero-order valence-corrected chi connectivity index (χ0v) is 7.60. The van der Waals surface area contributed by atoms with Crippen LogP contribution < -0.4 is 5.32 Å². The lowest BCUT2D eigenvalue weighted by atomic mass is 10.2. The Labute approximate surface area is 71.8 Å². The molecule has 0 saturated heterocycles. The molecule has 1 heterocycles. The molecule has 0 bridgehead atoms. The summed E-state index contributed by atoms with van der Waals surface area (Å²) in [4.78, 5) is 11.3. The van der Waals surface area contributed by atoms with Crippen molar-refractivity contribution in [2.75, 3.05) is 6.54 Å². The van der Waals surface area contributed by atoms with E-state index in [1.54, 1.807) is 13.0 Å². The molecule has 0 aliphatic heterocycles. The van der Waals surface area contributed by atoms with Crippen molar-refractivity contribution in [1.82, 2.24) is 5.32 Å². The molecule has 0 atom stereocenters. The van der Waals surface area contributed by atoms with E-state index in [0.29, 0.717) is 17.9 Å². The molecule has 0 fully saturated rings. The Bertz CT molecular complexity index is 289. The van der Waals surface area contributed by atoms with E-state index in [-0.39, 0.29) is 5.91 Å². The molecular formula is C9H13NO2. The molecule has 66 valence electrons. The van der Waals surface area contributed by atoms with Crippen molar-refractivity contribution >= 4 is 5.91 Å². The quantitative estimate of drug-likeness (QED) is 0.727. The Morgan fingerprint density at radius 1 is 1.58 bits per heavy atom. The minimum absolute atomic E-state index is 0.0631. The molecule has 0 unspecified atom stereocenters. The maximum absolute atomic E-state index is 11.3. The zero-order valence-electron chi connectivity index (χ0n) is 7.60. The van der Waals surface area contributed by atoms with Crippen LogP contribution in [0.1, 0.15) is 28.8 Å². The Balaban J connectivity index is 2.87. The number of hydrogen-bond acceptors (Lipinski definition) is 2. The molecule has 0 spiro atoms. The third-order valence-electron chi connectivity index (χ3n) is 1.62. The Morgan fingerprint density at radius 3 is 2.67 bits per heavy atom. The first kappa shape index (κ1) is 8.84. The van der Waals surface area contributed by atoms with Gasteiger partial charge in [-0.05, 0) is 26.8 Å².